The van der Waals surface area contributed by atoms with E-state index in [1.165, 1.54) is 0 Å². The Hall–Kier alpha value is -3.35. The Morgan fingerprint density at radius 1 is 0.964 bits per heavy atom. The van der Waals surface area contributed by atoms with Crippen LogP contribution in [0.5, 0.6) is 11.5 Å². The van der Waals surface area contributed by atoms with Gasteiger partial charge in [0.2, 0.25) is 5.82 Å². The largest absolute Gasteiger partial charge is 0.494 e. The van der Waals surface area contributed by atoms with Crippen LogP contribution >= 0.6 is 0 Å². The summed E-state index contributed by atoms with van der Waals surface area (Å²) in [5.74, 6) is 1.36. The number of hydrogen-bond acceptors (Lipinski definition) is 6. The molecule has 0 saturated carbocycles. The lowest BCUT2D eigenvalue weighted by molar-refractivity contribution is 0.102. The molecular weight excluding hydrogens is 358 g/mol. The van der Waals surface area contributed by atoms with Crippen molar-refractivity contribution >= 4 is 11.7 Å². The van der Waals surface area contributed by atoms with E-state index in [1.807, 2.05) is 37.3 Å². The van der Waals surface area contributed by atoms with Gasteiger partial charge < -0.3 is 14.8 Å². The molecule has 0 spiro atoms. The second-order valence-electron chi connectivity index (χ2n) is 6.16. The quantitative estimate of drug-likeness (QED) is 0.584. The van der Waals surface area contributed by atoms with E-state index in [0.29, 0.717) is 30.2 Å². The summed E-state index contributed by atoms with van der Waals surface area (Å²) >= 11 is 0. The molecule has 0 atom stereocenters. The predicted octanol–water partition coefficient (Wildman–Crippen LogP) is 4.57. The number of nitrogens with one attached hydrogen (secondary N) is 1. The Morgan fingerprint density at radius 2 is 1.68 bits per heavy atom. The third-order valence-electron chi connectivity index (χ3n) is 3.89. The van der Waals surface area contributed by atoms with E-state index in [0.717, 1.165) is 24.2 Å². The molecule has 0 aliphatic rings. The average molecular weight is 381 g/mol. The molecule has 146 valence electrons. The van der Waals surface area contributed by atoms with Crippen LogP contribution in [0.25, 0.3) is 11.3 Å². The summed E-state index contributed by atoms with van der Waals surface area (Å²) in [7, 11) is 0. The Morgan fingerprint density at radius 3 is 2.39 bits per heavy atom. The fourth-order valence-corrected chi connectivity index (χ4v) is 2.52. The highest BCUT2D eigenvalue weighted by atomic mass is 16.6. The monoisotopic (exact) mass is 381 g/mol. The van der Waals surface area contributed by atoms with Crippen LogP contribution in [0.1, 0.15) is 37.0 Å². The lowest BCUT2D eigenvalue weighted by Gasteiger charge is -2.08. The van der Waals surface area contributed by atoms with Gasteiger partial charge in [0, 0.05) is 11.1 Å². The third-order valence-corrected chi connectivity index (χ3v) is 3.89. The van der Waals surface area contributed by atoms with Gasteiger partial charge in [0.15, 0.2) is 5.69 Å². The number of carbonyl (C=O) groups is 1. The van der Waals surface area contributed by atoms with Crippen LogP contribution in [-0.2, 0) is 0 Å². The number of amides is 1. The van der Waals surface area contributed by atoms with Crippen molar-refractivity contribution in [1.29, 1.82) is 0 Å². The number of rotatable bonds is 9. The lowest BCUT2D eigenvalue weighted by Crippen LogP contribution is -2.13. The van der Waals surface area contributed by atoms with E-state index in [2.05, 4.69) is 22.6 Å². The van der Waals surface area contributed by atoms with E-state index in [4.69, 9.17) is 14.1 Å². The number of carbonyl (C=O) groups excluding carboxylic acids is 1. The number of aromatic nitrogens is 2. The Labute approximate surface area is 163 Å². The van der Waals surface area contributed by atoms with Crippen LogP contribution in [0, 0.1) is 0 Å². The zero-order valence-electron chi connectivity index (χ0n) is 16.0. The zero-order chi connectivity index (χ0) is 19.8. The zero-order valence-corrected chi connectivity index (χ0v) is 16.0. The van der Waals surface area contributed by atoms with Gasteiger partial charge in [-0.25, -0.2) is 4.63 Å². The van der Waals surface area contributed by atoms with E-state index in [-0.39, 0.29) is 11.7 Å². The number of ether oxygens (including phenoxy) is 2. The van der Waals surface area contributed by atoms with Crippen molar-refractivity contribution in [3.63, 3.8) is 0 Å². The topological polar surface area (TPSA) is 86.5 Å². The van der Waals surface area contributed by atoms with E-state index in [9.17, 15) is 4.79 Å². The first-order valence-electron chi connectivity index (χ1n) is 9.31. The summed E-state index contributed by atoms with van der Waals surface area (Å²) in [6, 6.07) is 14.4. The molecule has 2 aromatic carbocycles. The van der Waals surface area contributed by atoms with E-state index >= 15 is 0 Å². The molecule has 0 unspecified atom stereocenters. The fraction of sp³-hybridized carbons (Fsp3) is 0.286. The maximum absolute atomic E-state index is 12.6. The van der Waals surface area contributed by atoms with Crippen molar-refractivity contribution in [3.8, 4) is 22.8 Å². The van der Waals surface area contributed by atoms with Gasteiger partial charge in [0.25, 0.3) is 5.91 Å². The number of benzene rings is 2. The first-order chi connectivity index (χ1) is 13.7. The maximum Gasteiger partial charge on any atom is 0.257 e. The summed E-state index contributed by atoms with van der Waals surface area (Å²) in [4.78, 5) is 12.6. The van der Waals surface area contributed by atoms with Gasteiger partial charge in [-0.05, 0) is 65.6 Å². The second-order valence-corrected chi connectivity index (χ2v) is 6.16. The average Bonchev–Trinajstić information content (AvgIpc) is 3.19. The summed E-state index contributed by atoms with van der Waals surface area (Å²) in [6.07, 6.45) is 1.84. The molecule has 0 aliphatic carbocycles. The molecule has 0 saturated heterocycles. The van der Waals surface area contributed by atoms with Gasteiger partial charge in [0.05, 0.1) is 13.2 Å². The smallest absolute Gasteiger partial charge is 0.257 e. The van der Waals surface area contributed by atoms with Gasteiger partial charge in [0.1, 0.15) is 11.5 Å². The minimum atomic E-state index is -0.318. The van der Waals surface area contributed by atoms with Gasteiger partial charge in [-0.3, -0.25) is 4.79 Å². The van der Waals surface area contributed by atoms with E-state index in [1.54, 1.807) is 18.2 Å². The Kier molecular flexibility index (Phi) is 6.62. The Bertz CT molecular complexity index is 906. The SMILES string of the molecule is CCCOc1ccc(-c2nonc2NC(=O)c2cccc(OCCC)c2)cc1. The maximum atomic E-state index is 12.6. The highest BCUT2D eigenvalue weighted by Crippen LogP contribution is 2.27. The molecule has 3 aromatic rings. The number of nitrogens with zero attached hydrogens (tertiary/aromatic N) is 2. The minimum Gasteiger partial charge on any atom is -0.494 e. The van der Waals surface area contributed by atoms with Crippen molar-refractivity contribution in [2.45, 2.75) is 26.7 Å². The van der Waals surface area contributed by atoms with Crippen molar-refractivity contribution in [2.24, 2.45) is 0 Å². The minimum absolute atomic E-state index is 0.257. The molecule has 0 radical (unpaired) electrons. The second kappa shape index (κ2) is 9.55. The van der Waals surface area contributed by atoms with Crippen molar-refractivity contribution in [3.05, 3.63) is 54.1 Å². The highest BCUT2D eigenvalue weighted by molar-refractivity contribution is 6.05. The van der Waals surface area contributed by atoms with Crippen LogP contribution in [0.15, 0.2) is 53.2 Å². The Balaban J connectivity index is 1.72. The lowest BCUT2D eigenvalue weighted by atomic mass is 10.1. The molecule has 0 aliphatic heterocycles. The fourth-order valence-electron chi connectivity index (χ4n) is 2.52. The number of hydrogen-bond donors (Lipinski definition) is 1. The molecule has 7 heteroatoms. The van der Waals surface area contributed by atoms with Crippen LogP contribution in [-0.4, -0.2) is 29.4 Å². The molecule has 3 rings (SSSR count). The van der Waals surface area contributed by atoms with Crippen LogP contribution < -0.4 is 14.8 Å². The summed E-state index contributed by atoms with van der Waals surface area (Å²) in [5, 5.41) is 10.5. The summed E-state index contributed by atoms with van der Waals surface area (Å²) in [5.41, 5.74) is 1.68. The van der Waals surface area contributed by atoms with Crippen molar-refractivity contribution < 1.29 is 18.9 Å². The summed E-state index contributed by atoms with van der Waals surface area (Å²) in [6.45, 7) is 5.34. The first kappa shape index (κ1) is 19.4. The van der Waals surface area contributed by atoms with Gasteiger partial charge in [-0.2, -0.15) is 0 Å². The molecule has 0 fully saturated rings. The first-order valence-corrected chi connectivity index (χ1v) is 9.31. The normalized spacial score (nSPS) is 10.5. The third kappa shape index (κ3) is 4.88. The molecule has 28 heavy (non-hydrogen) atoms. The highest BCUT2D eigenvalue weighted by Gasteiger charge is 2.16. The van der Waals surface area contributed by atoms with E-state index < -0.39 is 0 Å². The standard InChI is InChI=1S/C21H23N3O4/c1-3-12-26-17-10-8-15(9-11-17)19-20(24-28-23-19)22-21(25)16-6-5-7-18(14-16)27-13-4-2/h5-11,14H,3-4,12-13H2,1-2H3,(H,22,24,25). The van der Waals surface area contributed by atoms with Gasteiger partial charge >= 0.3 is 0 Å². The van der Waals surface area contributed by atoms with Crippen LogP contribution in [0.4, 0.5) is 5.82 Å². The molecule has 1 aromatic heterocycles. The predicted molar refractivity (Wildman–Crippen MR) is 106 cm³/mol. The van der Waals surface area contributed by atoms with Gasteiger partial charge in [-0.1, -0.05) is 19.9 Å². The number of anilines is 1. The van der Waals surface area contributed by atoms with Crippen molar-refractivity contribution in [1.82, 2.24) is 10.3 Å². The van der Waals surface area contributed by atoms with Gasteiger partial charge in [-0.15, -0.1) is 0 Å². The molecule has 7 nitrogen and oxygen atoms in total. The van der Waals surface area contributed by atoms with Crippen molar-refractivity contribution in [2.75, 3.05) is 18.5 Å². The van der Waals surface area contributed by atoms with Crippen LogP contribution in [0.2, 0.25) is 0 Å². The summed E-state index contributed by atoms with van der Waals surface area (Å²) < 4.78 is 16.0. The molecule has 1 amide bonds. The molecule has 0 bridgehead atoms. The molecule has 1 N–H and O–H groups in total. The van der Waals surface area contributed by atoms with Crippen LogP contribution in [0.3, 0.4) is 0 Å². The molecular formula is C21H23N3O4. The molecule has 1 heterocycles.